The zero-order valence-corrected chi connectivity index (χ0v) is 18.4. The van der Waals surface area contributed by atoms with Crippen molar-refractivity contribution in [2.75, 3.05) is 0 Å². The largest absolute Gasteiger partial charge is 0.299 e. The van der Waals surface area contributed by atoms with Gasteiger partial charge in [0, 0.05) is 18.8 Å². The lowest BCUT2D eigenvalue weighted by Gasteiger charge is -2.20. The molecule has 0 amide bonds. The van der Waals surface area contributed by atoms with Crippen molar-refractivity contribution in [3.8, 4) is 0 Å². The highest BCUT2D eigenvalue weighted by molar-refractivity contribution is 5.83. The van der Waals surface area contributed by atoms with E-state index >= 15 is 0 Å². The fraction of sp³-hybridized carbons (Fsp3) is 0.233. The predicted molar refractivity (Wildman–Crippen MR) is 130 cm³/mol. The van der Waals surface area contributed by atoms with Crippen LogP contribution in [0.4, 0.5) is 0 Å². The Hall–Kier alpha value is -3.19. The molecule has 0 N–H and O–H groups in total. The summed E-state index contributed by atoms with van der Waals surface area (Å²) in [5.74, 6) is 1.04. The Morgan fingerprint density at radius 3 is 2.10 bits per heavy atom. The van der Waals surface area contributed by atoms with E-state index in [1.54, 1.807) is 0 Å². The van der Waals surface area contributed by atoms with E-state index < -0.39 is 0 Å². The predicted octanol–water partition coefficient (Wildman–Crippen LogP) is 7.51. The van der Waals surface area contributed by atoms with Gasteiger partial charge in [0.25, 0.3) is 0 Å². The first-order valence-electron chi connectivity index (χ1n) is 11.2. The molecule has 1 aliphatic rings. The van der Waals surface area contributed by atoms with Crippen LogP contribution < -0.4 is 0 Å². The summed E-state index contributed by atoms with van der Waals surface area (Å²) in [6, 6.07) is 29.7. The molecule has 0 fully saturated rings. The summed E-state index contributed by atoms with van der Waals surface area (Å²) >= 11 is 0. The molecular weight excluding hydrogens is 376 g/mol. The Morgan fingerprint density at radius 2 is 1.45 bits per heavy atom. The summed E-state index contributed by atoms with van der Waals surface area (Å²) in [6.45, 7) is 4.38. The molecular formula is C30H30O. The lowest BCUT2D eigenvalue weighted by molar-refractivity contribution is -0.118. The van der Waals surface area contributed by atoms with Crippen molar-refractivity contribution in [1.29, 1.82) is 0 Å². The molecule has 4 rings (SSSR count). The highest BCUT2D eigenvalue weighted by atomic mass is 16.1. The molecule has 1 unspecified atom stereocenters. The van der Waals surface area contributed by atoms with Crippen molar-refractivity contribution in [1.82, 2.24) is 0 Å². The maximum atomic E-state index is 12.7. The number of hydrogen-bond acceptors (Lipinski definition) is 1. The summed E-state index contributed by atoms with van der Waals surface area (Å²) in [6.07, 6.45) is 6.36. The molecule has 1 nitrogen and oxygen atoms in total. The molecule has 3 aromatic carbocycles. The van der Waals surface area contributed by atoms with Crippen LogP contribution >= 0.6 is 0 Å². The molecule has 0 aliphatic heterocycles. The second kappa shape index (κ2) is 9.75. The number of allylic oxidation sites excluding steroid dienone is 4. The first kappa shape index (κ1) is 21.1. The van der Waals surface area contributed by atoms with E-state index in [0.717, 1.165) is 12.0 Å². The first-order valence-corrected chi connectivity index (χ1v) is 11.2. The Morgan fingerprint density at radius 1 is 0.806 bits per heavy atom. The van der Waals surface area contributed by atoms with E-state index in [0.29, 0.717) is 24.5 Å². The standard InChI is InChI=1S/C30H30O/c1-22(2)24-15-13-23(14-16-24)21-28(31)19-17-27-18-20-29(25-9-5-3-6-10-25)30(27)26-11-7-4-8-12-26/h3-16,18,20,22,30H,17,19,21H2,1-2H3. The van der Waals surface area contributed by atoms with Crippen molar-refractivity contribution in [2.45, 2.75) is 44.9 Å². The van der Waals surface area contributed by atoms with E-state index in [-0.39, 0.29) is 5.92 Å². The van der Waals surface area contributed by atoms with Crippen LogP contribution in [-0.4, -0.2) is 5.78 Å². The third-order valence-electron chi connectivity index (χ3n) is 6.14. The SMILES string of the molecule is CC(C)c1ccc(CC(=O)CCC2=CC=C(c3ccccc3)C2c2ccccc2)cc1. The summed E-state index contributed by atoms with van der Waals surface area (Å²) in [5.41, 5.74) is 7.61. The van der Waals surface area contributed by atoms with Gasteiger partial charge in [-0.25, -0.2) is 0 Å². The fourth-order valence-electron chi connectivity index (χ4n) is 4.37. The number of ketones is 1. The summed E-state index contributed by atoms with van der Waals surface area (Å²) in [4.78, 5) is 12.7. The van der Waals surface area contributed by atoms with E-state index in [2.05, 4.69) is 111 Å². The van der Waals surface area contributed by atoms with Crippen molar-refractivity contribution in [2.24, 2.45) is 0 Å². The quantitative estimate of drug-likeness (QED) is 0.378. The normalized spacial score (nSPS) is 15.6. The number of carbonyl (C=O) groups is 1. The van der Waals surface area contributed by atoms with Gasteiger partial charge in [-0.05, 0) is 40.2 Å². The van der Waals surface area contributed by atoms with Gasteiger partial charge in [-0.15, -0.1) is 0 Å². The van der Waals surface area contributed by atoms with Crippen LogP contribution in [0.15, 0.2) is 103 Å². The maximum absolute atomic E-state index is 12.7. The zero-order valence-electron chi connectivity index (χ0n) is 18.4. The average Bonchev–Trinajstić information content (AvgIpc) is 3.23. The van der Waals surface area contributed by atoms with Gasteiger partial charge in [0.2, 0.25) is 0 Å². The Bertz CT molecular complexity index is 1070. The van der Waals surface area contributed by atoms with Crippen LogP contribution in [0.5, 0.6) is 0 Å². The fourth-order valence-corrected chi connectivity index (χ4v) is 4.37. The molecule has 1 aliphatic carbocycles. The Kier molecular flexibility index (Phi) is 6.62. The number of hydrogen-bond donors (Lipinski definition) is 0. The molecule has 0 saturated carbocycles. The third kappa shape index (κ3) is 5.11. The van der Waals surface area contributed by atoms with Crippen LogP contribution in [0.3, 0.4) is 0 Å². The summed E-state index contributed by atoms with van der Waals surface area (Å²) in [7, 11) is 0. The van der Waals surface area contributed by atoms with E-state index in [1.165, 1.54) is 27.8 Å². The van der Waals surface area contributed by atoms with Gasteiger partial charge < -0.3 is 0 Å². The summed E-state index contributed by atoms with van der Waals surface area (Å²) < 4.78 is 0. The number of Topliss-reactive ketones (excluding diaryl/α,β-unsaturated/α-hetero) is 1. The van der Waals surface area contributed by atoms with Gasteiger partial charge in [0.05, 0.1) is 0 Å². The highest BCUT2D eigenvalue weighted by Gasteiger charge is 2.26. The minimum Gasteiger partial charge on any atom is -0.299 e. The highest BCUT2D eigenvalue weighted by Crippen LogP contribution is 2.43. The van der Waals surface area contributed by atoms with Crippen molar-refractivity contribution < 1.29 is 4.79 Å². The van der Waals surface area contributed by atoms with Crippen molar-refractivity contribution >= 4 is 11.4 Å². The van der Waals surface area contributed by atoms with Gasteiger partial charge in [0.15, 0.2) is 0 Å². The van der Waals surface area contributed by atoms with Gasteiger partial charge in [0.1, 0.15) is 5.78 Å². The van der Waals surface area contributed by atoms with E-state index in [4.69, 9.17) is 0 Å². The van der Waals surface area contributed by atoms with Gasteiger partial charge in [-0.2, -0.15) is 0 Å². The summed E-state index contributed by atoms with van der Waals surface area (Å²) in [5, 5.41) is 0. The molecule has 1 heteroatoms. The molecule has 0 heterocycles. The molecule has 0 aromatic heterocycles. The molecule has 3 aromatic rings. The van der Waals surface area contributed by atoms with E-state index in [9.17, 15) is 4.79 Å². The van der Waals surface area contributed by atoms with Crippen LogP contribution in [0.25, 0.3) is 5.57 Å². The Balaban J connectivity index is 1.44. The smallest absolute Gasteiger partial charge is 0.137 e. The second-order valence-corrected chi connectivity index (χ2v) is 8.69. The number of rotatable bonds is 8. The van der Waals surface area contributed by atoms with Crippen molar-refractivity contribution in [3.05, 3.63) is 125 Å². The molecule has 0 radical (unpaired) electrons. The average molecular weight is 407 g/mol. The van der Waals surface area contributed by atoms with E-state index in [1.807, 2.05) is 0 Å². The first-order chi connectivity index (χ1) is 15.1. The monoisotopic (exact) mass is 406 g/mol. The molecule has 0 bridgehead atoms. The molecule has 1 atom stereocenters. The van der Waals surface area contributed by atoms with Crippen LogP contribution in [0, 0.1) is 0 Å². The maximum Gasteiger partial charge on any atom is 0.137 e. The number of benzene rings is 3. The van der Waals surface area contributed by atoms with Gasteiger partial charge in [-0.1, -0.05) is 117 Å². The lowest BCUT2D eigenvalue weighted by atomic mass is 9.83. The topological polar surface area (TPSA) is 17.1 Å². The molecule has 156 valence electrons. The Labute approximate surface area is 186 Å². The third-order valence-corrected chi connectivity index (χ3v) is 6.14. The van der Waals surface area contributed by atoms with Crippen LogP contribution in [0.1, 0.15) is 60.8 Å². The van der Waals surface area contributed by atoms with Crippen LogP contribution in [0.2, 0.25) is 0 Å². The van der Waals surface area contributed by atoms with Crippen LogP contribution in [-0.2, 0) is 11.2 Å². The lowest BCUT2D eigenvalue weighted by Crippen LogP contribution is -2.07. The minimum atomic E-state index is 0.224. The number of carbonyl (C=O) groups excluding carboxylic acids is 1. The molecule has 0 saturated heterocycles. The van der Waals surface area contributed by atoms with Gasteiger partial charge >= 0.3 is 0 Å². The zero-order chi connectivity index (χ0) is 21.6. The molecule has 31 heavy (non-hydrogen) atoms. The van der Waals surface area contributed by atoms with Gasteiger partial charge in [-0.3, -0.25) is 4.79 Å². The second-order valence-electron chi connectivity index (χ2n) is 8.69. The van der Waals surface area contributed by atoms with Crippen molar-refractivity contribution in [3.63, 3.8) is 0 Å². The minimum absolute atomic E-state index is 0.224. The molecule has 0 spiro atoms.